The first-order chi connectivity index (χ1) is 8.20. The van der Waals surface area contributed by atoms with Gasteiger partial charge in [-0.3, -0.25) is 4.68 Å². The van der Waals surface area contributed by atoms with Crippen molar-refractivity contribution in [1.82, 2.24) is 9.78 Å². The Kier molecular flexibility index (Phi) is 3.47. The monoisotopic (exact) mass is 229 g/mol. The van der Waals surface area contributed by atoms with Gasteiger partial charge in [-0.1, -0.05) is 24.3 Å². The van der Waals surface area contributed by atoms with Crippen LogP contribution in [0.25, 0.3) is 0 Å². The van der Waals surface area contributed by atoms with Crippen LogP contribution >= 0.6 is 0 Å². The number of rotatable bonds is 4. The predicted octanol–water partition coefficient (Wildman–Crippen LogP) is 3.13. The minimum absolute atomic E-state index is 0.826. The summed E-state index contributed by atoms with van der Waals surface area (Å²) in [7, 11) is 0. The van der Waals surface area contributed by atoms with E-state index < -0.39 is 0 Å². The molecule has 0 bridgehead atoms. The largest absolute Gasteiger partial charge is 0.365 e. The van der Waals surface area contributed by atoms with E-state index in [0.717, 1.165) is 18.9 Å². The van der Waals surface area contributed by atoms with Crippen LogP contribution in [0.2, 0.25) is 0 Å². The summed E-state index contributed by atoms with van der Waals surface area (Å²) < 4.78 is 2.00. The van der Waals surface area contributed by atoms with E-state index in [1.807, 2.05) is 4.68 Å². The Balaban J connectivity index is 2.05. The van der Waals surface area contributed by atoms with Gasteiger partial charge in [0, 0.05) is 24.8 Å². The summed E-state index contributed by atoms with van der Waals surface area (Å²) in [4.78, 5) is 0. The lowest BCUT2D eigenvalue weighted by molar-refractivity contribution is 0.641. The number of anilines is 1. The Morgan fingerprint density at radius 3 is 2.65 bits per heavy atom. The first kappa shape index (κ1) is 11.7. The first-order valence-electron chi connectivity index (χ1n) is 6.03. The Labute approximate surface area is 102 Å². The van der Waals surface area contributed by atoms with E-state index in [4.69, 9.17) is 0 Å². The number of aromatic nitrogens is 2. The minimum Gasteiger partial charge on any atom is -0.365 e. The minimum atomic E-state index is 0.826. The molecule has 90 valence electrons. The fourth-order valence-corrected chi connectivity index (χ4v) is 1.91. The lowest BCUT2D eigenvalue weighted by Gasteiger charge is -2.06. The molecule has 0 radical (unpaired) electrons. The molecule has 17 heavy (non-hydrogen) atoms. The highest BCUT2D eigenvalue weighted by molar-refractivity contribution is 5.38. The molecule has 1 aromatic heterocycles. The van der Waals surface area contributed by atoms with E-state index >= 15 is 0 Å². The van der Waals surface area contributed by atoms with Gasteiger partial charge in [-0.2, -0.15) is 5.10 Å². The maximum Gasteiger partial charge on any atom is 0.148 e. The Bertz CT molecular complexity index is 500. The summed E-state index contributed by atoms with van der Waals surface area (Å²) >= 11 is 0. The lowest BCUT2D eigenvalue weighted by atomic mass is 10.1. The molecule has 0 aliphatic carbocycles. The van der Waals surface area contributed by atoms with Crippen LogP contribution in [0.4, 0.5) is 5.82 Å². The highest BCUT2D eigenvalue weighted by Crippen LogP contribution is 2.12. The highest BCUT2D eigenvalue weighted by atomic mass is 15.3. The van der Waals surface area contributed by atoms with Crippen LogP contribution in [-0.4, -0.2) is 9.78 Å². The van der Waals surface area contributed by atoms with Crippen LogP contribution in [0, 0.1) is 13.8 Å². The number of nitrogens with one attached hydrogen (secondary N) is 1. The van der Waals surface area contributed by atoms with Crippen molar-refractivity contribution in [3.63, 3.8) is 0 Å². The second-order valence-electron chi connectivity index (χ2n) is 4.27. The summed E-state index contributed by atoms with van der Waals surface area (Å²) in [5.74, 6) is 0.951. The lowest BCUT2D eigenvalue weighted by Crippen LogP contribution is -2.03. The van der Waals surface area contributed by atoms with Crippen LogP contribution in [0.1, 0.15) is 23.7 Å². The van der Waals surface area contributed by atoms with Crippen molar-refractivity contribution >= 4 is 5.82 Å². The molecule has 0 amide bonds. The van der Waals surface area contributed by atoms with Gasteiger partial charge in [0.15, 0.2) is 0 Å². The van der Waals surface area contributed by atoms with Crippen molar-refractivity contribution in [3.05, 3.63) is 47.2 Å². The van der Waals surface area contributed by atoms with Crippen LogP contribution in [0.15, 0.2) is 30.3 Å². The van der Waals surface area contributed by atoms with Gasteiger partial charge in [-0.15, -0.1) is 0 Å². The number of hydrogen-bond donors (Lipinski definition) is 1. The summed E-state index contributed by atoms with van der Waals surface area (Å²) in [6.45, 7) is 8.05. The molecule has 1 aromatic carbocycles. The molecular weight excluding hydrogens is 210 g/mol. The molecule has 0 aliphatic rings. The quantitative estimate of drug-likeness (QED) is 0.873. The maximum absolute atomic E-state index is 4.48. The summed E-state index contributed by atoms with van der Waals surface area (Å²) in [6.07, 6.45) is 0. The van der Waals surface area contributed by atoms with Crippen molar-refractivity contribution in [2.45, 2.75) is 33.9 Å². The van der Waals surface area contributed by atoms with Crippen molar-refractivity contribution in [3.8, 4) is 0 Å². The molecule has 0 aliphatic heterocycles. The zero-order chi connectivity index (χ0) is 12.3. The van der Waals surface area contributed by atoms with Crippen molar-refractivity contribution in [2.75, 3.05) is 5.32 Å². The zero-order valence-corrected chi connectivity index (χ0v) is 10.7. The van der Waals surface area contributed by atoms with E-state index in [1.54, 1.807) is 0 Å². The van der Waals surface area contributed by atoms with Crippen LogP contribution in [0.3, 0.4) is 0 Å². The van der Waals surface area contributed by atoms with Gasteiger partial charge in [-0.25, -0.2) is 0 Å². The van der Waals surface area contributed by atoms with Crippen LogP contribution < -0.4 is 5.32 Å². The van der Waals surface area contributed by atoms with E-state index in [1.165, 1.54) is 16.8 Å². The molecule has 0 saturated carbocycles. The fourth-order valence-electron chi connectivity index (χ4n) is 1.91. The van der Waals surface area contributed by atoms with Gasteiger partial charge >= 0.3 is 0 Å². The summed E-state index contributed by atoms with van der Waals surface area (Å²) in [5, 5.41) is 7.84. The Hall–Kier alpha value is -1.77. The smallest absolute Gasteiger partial charge is 0.148 e. The Morgan fingerprint density at radius 2 is 2.00 bits per heavy atom. The third kappa shape index (κ3) is 2.67. The van der Waals surface area contributed by atoms with Gasteiger partial charge in [0.25, 0.3) is 0 Å². The topological polar surface area (TPSA) is 29.9 Å². The SMILES string of the molecule is CCn1nc(NCc2ccccc2C)cc1C. The van der Waals surface area contributed by atoms with Gasteiger partial charge in [0.2, 0.25) is 0 Å². The highest BCUT2D eigenvalue weighted by Gasteiger charge is 2.02. The molecule has 0 unspecified atom stereocenters. The van der Waals surface area contributed by atoms with Crippen LogP contribution in [0.5, 0.6) is 0 Å². The maximum atomic E-state index is 4.48. The van der Waals surface area contributed by atoms with Crippen molar-refractivity contribution in [2.24, 2.45) is 0 Å². The zero-order valence-electron chi connectivity index (χ0n) is 10.7. The number of benzene rings is 1. The molecular formula is C14H19N3. The molecule has 0 fully saturated rings. The molecule has 3 nitrogen and oxygen atoms in total. The van der Waals surface area contributed by atoms with Gasteiger partial charge < -0.3 is 5.32 Å². The molecule has 0 saturated heterocycles. The standard InChI is InChI=1S/C14H19N3/c1-4-17-12(3)9-14(16-17)15-10-13-8-6-5-7-11(13)2/h5-9H,4,10H2,1-3H3,(H,15,16). The predicted molar refractivity (Wildman–Crippen MR) is 71.1 cm³/mol. The molecule has 3 heteroatoms. The molecule has 1 N–H and O–H groups in total. The number of hydrogen-bond acceptors (Lipinski definition) is 2. The van der Waals surface area contributed by atoms with Gasteiger partial charge in [-0.05, 0) is 31.9 Å². The number of nitrogens with zero attached hydrogens (tertiary/aromatic N) is 2. The van der Waals surface area contributed by atoms with E-state index in [9.17, 15) is 0 Å². The van der Waals surface area contributed by atoms with E-state index in [0.29, 0.717) is 0 Å². The van der Waals surface area contributed by atoms with E-state index in [-0.39, 0.29) is 0 Å². The van der Waals surface area contributed by atoms with E-state index in [2.05, 4.69) is 61.5 Å². The fraction of sp³-hybridized carbons (Fsp3) is 0.357. The average Bonchev–Trinajstić information content (AvgIpc) is 2.69. The molecule has 2 rings (SSSR count). The molecule has 2 aromatic rings. The summed E-state index contributed by atoms with van der Waals surface area (Å²) in [5.41, 5.74) is 3.82. The number of aryl methyl sites for hydroxylation is 3. The molecule has 0 spiro atoms. The normalized spacial score (nSPS) is 10.5. The van der Waals surface area contributed by atoms with Crippen molar-refractivity contribution in [1.29, 1.82) is 0 Å². The van der Waals surface area contributed by atoms with Gasteiger partial charge in [0.05, 0.1) is 0 Å². The third-order valence-corrected chi connectivity index (χ3v) is 3.00. The Morgan fingerprint density at radius 1 is 1.24 bits per heavy atom. The average molecular weight is 229 g/mol. The van der Waals surface area contributed by atoms with Gasteiger partial charge in [0.1, 0.15) is 5.82 Å². The summed E-state index contributed by atoms with van der Waals surface area (Å²) in [6, 6.07) is 10.5. The first-order valence-corrected chi connectivity index (χ1v) is 6.03. The van der Waals surface area contributed by atoms with Crippen molar-refractivity contribution < 1.29 is 0 Å². The molecule has 1 heterocycles. The molecule has 0 atom stereocenters. The second kappa shape index (κ2) is 5.04. The second-order valence-corrected chi connectivity index (χ2v) is 4.27. The van der Waals surface area contributed by atoms with Crippen LogP contribution in [-0.2, 0) is 13.1 Å². The third-order valence-electron chi connectivity index (χ3n) is 3.00.